The molecule has 0 atom stereocenters. The number of benzene rings is 3. The number of sulfonamides is 1. The number of hydrogen-bond donors (Lipinski definition) is 0. The lowest BCUT2D eigenvalue weighted by Crippen LogP contribution is -2.31. The van der Waals surface area contributed by atoms with Gasteiger partial charge in [0.2, 0.25) is 0 Å². The van der Waals surface area contributed by atoms with E-state index in [4.69, 9.17) is 0 Å². The zero-order valence-electron chi connectivity index (χ0n) is 17.7. The Morgan fingerprint density at radius 2 is 1.57 bits per heavy atom. The van der Waals surface area contributed by atoms with Crippen molar-refractivity contribution >= 4 is 27.3 Å². The van der Waals surface area contributed by atoms with Crippen molar-refractivity contribution in [3.63, 3.8) is 0 Å². The van der Waals surface area contributed by atoms with Crippen molar-refractivity contribution in [3.8, 4) is 0 Å². The van der Waals surface area contributed by atoms with Gasteiger partial charge in [0.05, 0.1) is 10.6 Å². The number of carbonyl (C=O) groups excluding carboxylic acids is 1. The number of anilines is 2. The monoisotopic (exact) mass is 422 g/mol. The molecule has 0 bridgehead atoms. The van der Waals surface area contributed by atoms with Crippen LogP contribution in [0.1, 0.15) is 28.4 Å². The Balaban J connectivity index is 1.96. The highest BCUT2D eigenvalue weighted by atomic mass is 32.2. The third kappa shape index (κ3) is 4.24. The van der Waals surface area contributed by atoms with Gasteiger partial charge >= 0.3 is 0 Å². The van der Waals surface area contributed by atoms with Crippen molar-refractivity contribution in [2.75, 3.05) is 22.8 Å². The molecule has 3 aromatic carbocycles. The molecule has 0 aliphatic heterocycles. The van der Waals surface area contributed by atoms with Gasteiger partial charge in [-0.25, -0.2) is 8.42 Å². The average Bonchev–Trinajstić information content (AvgIpc) is 2.75. The van der Waals surface area contributed by atoms with Gasteiger partial charge in [-0.3, -0.25) is 9.10 Å². The van der Waals surface area contributed by atoms with Crippen LogP contribution in [0, 0.1) is 13.8 Å². The summed E-state index contributed by atoms with van der Waals surface area (Å²) in [5.74, 6) is -0.234. The molecule has 0 radical (unpaired) electrons. The van der Waals surface area contributed by atoms with Crippen LogP contribution >= 0.6 is 0 Å². The molecule has 0 N–H and O–H groups in total. The van der Waals surface area contributed by atoms with Crippen molar-refractivity contribution in [2.24, 2.45) is 0 Å². The van der Waals surface area contributed by atoms with Crippen LogP contribution in [0.15, 0.2) is 77.7 Å². The van der Waals surface area contributed by atoms with Gasteiger partial charge in [0.15, 0.2) is 0 Å². The van der Waals surface area contributed by atoms with Crippen molar-refractivity contribution in [1.82, 2.24) is 0 Å². The van der Waals surface area contributed by atoms with E-state index in [0.29, 0.717) is 17.8 Å². The van der Waals surface area contributed by atoms with Crippen LogP contribution in [-0.2, 0) is 10.0 Å². The SMILES string of the molecule is CCN(C(=O)c1cccc(S(=O)(=O)N(C)c2ccc(C)cc2)c1)c1ccccc1C. The molecule has 3 aromatic rings. The average molecular weight is 423 g/mol. The second-order valence-electron chi connectivity index (χ2n) is 7.17. The molecule has 0 fully saturated rings. The summed E-state index contributed by atoms with van der Waals surface area (Å²) in [4.78, 5) is 14.9. The Morgan fingerprint density at radius 3 is 2.20 bits per heavy atom. The van der Waals surface area contributed by atoms with E-state index < -0.39 is 10.0 Å². The normalized spacial score (nSPS) is 11.2. The Labute approximate surface area is 178 Å². The van der Waals surface area contributed by atoms with Gasteiger partial charge in [0.1, 0.15) is 0 Å². The predicted molar refractivity (Wildman–Crippen MR) is 122 cm³/mol. The summed E-state index contributed by atoms with van der Waals surface area (Å²) in [5, 5.41) is 0. The van der Waals surface area contributed by atoms with Crippen molar-refractivity contribution in [2.45, 2.75) is 25.7 Å². The van der Waals surface area contributed by atoms with E-state index in [2.05, 4.69) is 0 Å². The Hall–Kier alpha value is -3.12. The first-order chi connectivity index (χ1) is 14.3. The fourth-order valence-electron chi connectivity index (χ4n) is 3.29. The molecule has 0 aliphatic rings. The van der Waals surface area contributed by atoms with E-state index >= 15 is 0 Å². The van der Waals surface area contributed by atoms with Crippen molar-refractivity contribution < 1.29 is 13.2 Å². The van der Waals surface area contributed by atoms with Crippen LogP contribution in [0.4, 0.5) is 11.4 Å². The predicted octanol–water partition coefficient (Wildman–Crippen LogP) is 4.80. The highest BCUT2D eigenvalue weighted by Gasteiger charge is 2.24. The molecule has 1 amide bonds. The molecule has 0 spiro atoms. The van der Waals surface area contributed by atoms with Crippen LogP contribution in [0.5, 0.6) is 0 Å². The summed E-state index contributed by atoms with van der Waals surface area (Å²) in [7, 11) is -2.29. The molecular weight excluding hydrogens is 396 g/mol. The van der Waals surface area contributed by atoms with Crippen molar-refractivity contribution in [3.05, 3.63) is 89.5 Å². The number of hydrogen-bond acceptors (Lipinski definition) is 3. The Kier molecular flexibility index (Phi) is 6.27. The zero-order chi connectivity index (χ0) is 21.9. The first-order valence-electron chi connectivity index (χ1n) is 9.79. The molecule has 0 heterocycles. The number of rotatable bonds is 6. The van der Waals surface area contributed by atoms with Gasteiger partial charge in [-0.15, -0.1) is 0 Å². The molecule has 0 unspecified atom stereocenters. The second kappa shape index (κ2) is 8.71. The fraction of sp³-hybridized carbons (Fsp3) is 0.208. The van der Waals surface area contributed by atoms with Gasteiger partial charge in [0, 0.05) is 24.8 Å². The molecule has 6 heteroatoms. The van der Waals surface area contributed by atoms with Gasteiger partial charge in [-0.2, -0.15) is 0 Å². The molecule has 0 aromatic heterocycles. The number of aryl methyl sites for hydroxylation is 2. The lowest BCUT2D eigenvalue weighted by atomic mass is 10.1. The summed E-state index contributed by atoms with van der Waals surface area (Å²) >= 11 is 0. The third-order valence-electron chi connectivity index (χ3n) is 5.10. The molecule has 0 saturated carbocycles. The van der Waals surface area contributed by atoms with Gasteiger partial charge in [-0.1, -0.05) is 42.0 Å². The lowest BCUT2D eigenvalue weighted by molar-refractivity contribution is 0.0988. The second-order valence-corrected chi connectivity index (χ2v) is 9.14. The van der Waals surface area contributed by atoms with E-state index in [0.717, 1.165) is 16.8 Å². The van der Waals surface area contributed by atoms with Gasteiger partial charge < -0.3 is 4.90 Å². The number of carbonyl (C=O) groups is 1. The maximum absolute atomic E-state index is 13.2. The third-order valence-corrected chi connectivity index (χ3v) is 6.89. The van der Waals surface area contributed by atoms with E-state index in [1.807, 2.05) is 57.2 Å². The minimum Gasteiger partial charge on any atom is -0.308 e. The van der Waals surface area contributed by atoms with Crippen LogP contribution in [0.25, 0.3) is 0 Å². The van der Waals surface area contributed by atoms with E-state index in [1.54, 1.807) is 29.2 Å². The molecule has 5 nitrogen and oxygen atoms in total. The summed E-state index contributed by atoms with van der Waals surface area (Å²) in [6.07, 6.45) is 0. The Morgan fingerprint density at radius 1 is 0.900 bits per heavy atom. The van der Waals surface area contributed by atoms with Gasteiger partial charge in [-0.05, 0) is 62.7 Å². The number of amides is 1. The summed E-state index contributed by atoms with van der Waals surface area (Å²) in [5.41, 5.74) is 3.74. The summed E-state index contributed by atoms with van der Waals surface area (Å²) in [6.45, 7) is 6.27. The number of nitrogens with zero attached hydrogens (tertiary/aromatic N) is 2. The molecule has 0 aliphatic carbocycles. The fourth-order valence-corrected chi connectivity index (χ4v) is 4.53. The quantitative estimate of drug-likeness (QED) is 0.574. The highest BCUT2D eigenvalue weighted by Crippen LogP contribution is 2.25. The first-order valence-corrected chi connectivity index (χ1v) is 11.2. The smallest absolute Gasteiger partial charge is 0.264 e. The summed E-state index contributed by atoms with van der Waals surface area (Å²) < 4.78 is 27.5. The standard InChI is InChI=1S/C24H26N2O3S/c1-5-26(23-12-7-6-9-19(23)3)24(27)20-10-8-11-22(17-20)30(28,29)25(4)21-15-13-18(2)14-16-21/h6-17H,5H2,1-4H3. The van der Waals surface area contributed by atoms with E-state index in [1.165, 1.54) is 23.5 Å². The molecule has 30 heavy (non-hydrogen) atoms. The number of para-hydroxylation sites is 1. The lowest BCUT2D eigenvalue weighted by Gasteiger charge is -2.24. The maximum Gasteiger partial charge on any atom is 0.264 e. The van der Waals surface area contributed by atoms with Crippen LogP contribution in [0.2, 0.25) is 0 Å². The van der Waals surface area contributed by atoms with Gasteiger partial charge in [0.25, 0.3) is 15.9 Å². The first kappa shape index (κ1) is 21.6. The van der Waals surface area contributed by atoms with E-state index in [-0.39, 0.29) is 10.8 Å². The van der Waals surface area contributed by atoms with Crippen LogP contribution in [0.3, 0.4) is 0 Å². The molecule has 3 rings (SSSR count). The maximum atomic E-state index is 13.2. The minimum absolute atomic E-state index is 0.0808. The van der Waals surface area contributed by atoms with Crippen LogP contribution < -0.4 is 9.21 Å². The highest BCUT2D eigenvalue weighted by molar-refractivity contribution is 7.92. The molecular formula is C24H26N2O3S. The summed E-state index contributed by atoms with van der Waals surface area (Å²) in [6, 6.07) is 21.1. The molecule has 156 valence electrons. The Bertz CT molecular complexity index is 1160. The molecule has 0 saturated heterocycles. The topological polar surface area (TPSA) is 57.7 Å². The largest absolute Gasteiger partial charge is 0.308 e. The zero-order valence-corrected chi connectivity index (χ0v) is 18.5. The minimum atomic E-state index is -3.80. The van der Waals surface area contributed by atoms with E-state index in [9.17, 15) is 13.2 Å². The van der Waals surface area contributed by atoms with Crippen molar-refractivity contribution in [1.29, 1.82) is 0 Å². The van der Waals surface area contributed by atoms with Crippen LogP contribution in [-0.4, -0.2) is 27.9 Å².